The van der Waals surface area contributed by atoms with Crippen LogP contribution in [0.15, 0.2) is 18.3 Å². The first-order valence-corrected chi connectivity index (χ1v) is 7.90. The minimum Gasteiger partial charge on any atom is -0.347 e. The van der Waals surface area contributed by atoms with Crippen molar-refractivity contribution in [2.75, 3.05) is 7.05 Å². The highest BCUT2D eigenvalue weighted by Gasteiger charge is 2.19. The molecular formula is C18H24N2O. The largest absolute Gasteiger partial charge is 0.347 e. The predicted molar refractivity (Wildman–Crippen MR) is 86.4 cm³/mol. The number of rotatable bonds is 5. The van der Waals surface area contributed by atoms with E-state index >= 15 is 0 Å². The Morgan fingerprint density at radius 2 is 1.95 bits per heavy atom. The normalized spacial score (nSPS) is 14.8. The van der Waals surface area contributed by atoms with E-state index in [4.69, 9.17) is 0 Å². The number of ketones is 1. The number of hydrogen-bond acceptors (Lipinski definition) is 2. The van der Waals surface area contributed by atoms with E-state index in [-0.39, 0.29) is 5.78 Å². The summed E-state index contributed by atoms with van der Waals surface area (Å²) < 4.78 is 2.36. The van der Waals surface area contributed by atoms with Crippen LogP contribution in [0.5, 0.6) is 0 Å². The molecule has 0 saturated carbocycles. The van der Waals surface area contributed by atoms with Gasteiger partial charge in [0, 0.05) is 43.2 Å². The second-order valence-corrected chi connectivity index (χ2v) is 6.36. The van der Waals surface area contributed by atoms with Gasteiger partial charge in [0.1, 0.15) is 5.78 Å². The van der Waals surface area contributed by atoms with Gasteiger partial charge in [-0.3, -0.25) is 4.90 Å². The standard InChI is InChI=1S/C18H24N2O/c1-4-7-20-12-14(6-5-13(2)21)17-8-15-10-19(3)11-16(15)9-18(17)20/h8-9,12H,4-7,10-11H2,1-3H3. The van der Waals surface area contributed by atoms with Crippen molar-refractivity contribution in [3.63, 3.8) is 0 Å². The summed E-state index contributed by atoms with van der Waals surface area (Å²) in [5.74, 6) is 0.271. The maximum atomic E-state index is 11.3. The molecule has 0 radical (unpaired) electrons. The molecule has 1 aliphatic heterocycles. The van der Waals surface area contributed by atoms with E-state index < -0.39 is 0 Å². The second kappa shape index (κ2) is 5.64. The summed E-state index contributed by atoms with van der Waals surface area (Å²) in [4.78, 5) is 13.7. The zero-order valence-corrected chi connectivity index (χ0v) is 13.3. The van der Waals surface area contributed by atoms with Crippen LogP contribution < -0.4 is 0 Å². The van der Waals surface area contributed by atoms with Gasteiger partial charge in [-0.1, -0.05) is 6.92 Å². The molecule has 2 heterocycles. The molecule has 2 aromatic rings. The van der Waals surface area contributed by atoms with Gasteiger partial charge in [0.05, 0.1) is 0 Å². The maximum Gasteiger partial charge on any atom is 0.130 e. The molecule has 112 valence electrons. The lowest BCUT2D eigenvalue weighted by Crippen LogP contribution is -2.07. The predicted octanol–water partition coefficient (Wildman–Crippen LogP) is 3.52. The molecule has 3 rings (SSSR count). The SMILES string of the molecule is CCCn1cc(CCC(C)=O)c2cc3c(cc21)CN(C)C3. The number of hydrogen-bond donors (Lipinski definition) is 0. The third-order valence-corrected chi connectivity index (χ3v) is 4.38. The Hall–Kier alpha value is -1.61. The Labute approximate surface area is 126 Å². The molecule has 0 atom stereocenters. The smallest absolute Gasteiger partial charge is 0.130 e. The first kappa shape index (κ1) is 14.3. The van der Waals surface area contributed by atoms with Gasteiger partial charge < -0.3 is 9.36 Å². The molecule has 1 aliphatic rings. The summed E-state index contributed by atoms with van der Waals surface area (Å²) in [6, 6.07) is 4.72. The molecule has 0 N–H and O–H groups in total. The Bertz CT molecular complexity index is 684. The third-order valence-electron chi connectivity index (χ3n) is 4.38. The van der Waals surface area contributed by atoms with Crippen LogP contribution in [0, 0.1) is 0 Å². The monoisotopic (exact) mass is 284 g/mol. The molecule has 0 fully saturated rings. The number of aryl methyl sites for hydroxylation is 2. The molecular weight excluding hydrogens is 260 g/mol. The molecule has 1 aromatic carbocycles. The van der Waals surface area contributed by atoms with Gasteiger partial charge in [-0.2, -0.15) is 0 Å². The van der Waals surface area contributed by atoms with Crippen LogP contribution in [-0.2, 0) is 30.8 Å². The average Bonchev–Trinajstić information content (AvgIpc) is 2.94. The molecule has 3 heteroatoms. The van der Waals surface area contributed by atoms with Gasteiger partial charge in [0.15, 0.2) is 0 Å². The van der Waals surface area contributed by atoms with Gasteiger partial charge in [-0.05, 0) is 55.6 Å². The number of fused-ring (bicyclic) bond motifs is 2. The molecule has 0 aliphatic carbocycles. The summed E-state index contributed by atoms with van der Waals surface area (Å²) in [7, 11) is 2.17. The van der Waals surface area contributed by atoms with Crippen LogP contribution in [0.25, 0.3) is 10.9 Å². The zero-order chi connectivity index (χ0) is 15.0. The summed E-state index contributed by atoms with van der Waals surface area (Å²) in [6.07, 6.45) is 4.89. The lowest BCUT2D eigenvalue weighted by molar-refractivity contribution is -0.116. The molecule has 0 unspecified atom stereocenters. The van der Waals surface area contributed by atoms with Crippen LogP contribution in [0.2, 0.25) is 0 Å². The van der Waals surface area contributed by atoms with Crippen LogP contribution in [-0.4, -0.2) is 22.3 Å². The van der Waals surface area contributed by atoms with Crippen molar-refractivity contribution in [3.8, 4) is 0 Å². The van der Waals surface area contributed by atoms with Crippen molar-refractivity contribution in [2.45, 2.75) is 52.7 Å². The fraction of sp³-hybridized carbons (Fsp3) is 0.500. The van der Waals surface area contributed by atoms with Gasteiger partial charge in [0.25, 0.3) is 0 Å². The number of benzene rings is 1. The third kappa shape index (κ3) is 2.75. The number of nitrogens with zero attached hydrogens (tertiary/aromatic N) is 2. The van der Waals surface area contributed by atoms with Crippen molar-refractivity contribution < 1.29 is 4.79 Å². The van der Waals surface area contributed by atoms with Crippen LogP contribution in [0.3, 0.4) is 0 Å². The topological polar surface area (TPSA) is 25.2 Å². The number of aromatic nitrogens is 1. The maximum absolute atomic E-state index is 11.3. The lowest BCUT2D eigenvalue weighted by atomic mass is 10.0. The number of carbonyl (C=O) groups is 1. The molecule has 0 amide bonds. The van der Waals surface area contributed by atoms with Gasteiger partial charge in [-0.15, -0.1) is 0 Å². The van der Waals surface area contributed by atoms with Gasteiger partial charge >= 0.3 is 0 Å². The van der Waals surface area contributed by atoms with E-state index in [1.54, 1.807) is 6.92 Å². The highest BCUT2D eigenvalue weighted by Crippen LogP contribution is 2.31. The van der Waals surface area contributed by atoms with E-state index in [1.165, 1.54) is 27.6 Å². The van der Waals surface area contributed by atoms with Crippen molar-refractivity contribution in [3.05, 3.63) is 35.0 Å². The van der Waals surface area contributed by atoms with Gasteiger partial charge in [-0.25, -0.2) is 0 Å². The summed E-state index contributed by atoms with van der Waals surface area (Å²) in [5, 5.41) is 1.35. The van der Waals surface area contributed by atoms with Crippen molar-refractivity contribution in [1.82, 2.24) is 9.47 Å². The summed E-state index contributed by atoms with van der Waals surface area (Å²) >= 11 is 0. The highest BCUT2D eigenvalue weighted by molar-refractivity contribution is 5.86. The fourth-order valence-electron chi connectivity index (χ4n) is 3.37. The Kier molecular flexibility index (Phi) is 3.85. The zero-order valence-electron chi connectivity index (χ0n) is 13.3. The quantitative estimate of drug-likeness (QED) is 0.839. The van der Waals surface area contributed by atoms with Crippen molar-refractivity contribution in [2.24, 2.45) is 0 Å². The lowest BCUT2D eigenvalue weighted by Gasteiger charge is -2.05. The van der Waals surface area contributed by atoms with Crippen LogP contribution in [0.4, 0.5) is 0 Å². The molecule has 21 heavy (non-hydrogen) atoms. The Balaban J connectivity index is 2.06. The van der Waals surface area contributed by atoms with Crippen molar-refractivity contribution >= 4 is 16.7 Å². The average molecular weight is 284 g/mol. The van der Waals surface area contributed by atoms with E-state index in [1.807, 2.05) is 0 Å². The number of carbonyl (C=O) groups excluding carboxylic acids is 1. The van der Waals surface area contributed by atoms with E-state index in [0.29, 0.717) is 6.42 Å². The van der Waals surface area contributed by atoms with Gasteiger partial charge in [0.2, 0.25) is 0 Å². The van der Waals surface area contributed by atoms with Crippen LogP contribution >= 0.6 is 0 Å². The summed E-state index contributed by atoms with van der Waals surface area (Å²) in [5.41, 5.74) is 5.57. The fourth-order valence-corrected chi connectivity index (χ4v) is 3.37. The highest BCUT2D eigenvalue weighted by atomic mass is 16.1. The van der Waals surface area contributed by atoms with Crippen molar-refractivity contribution in [1.29, 1.82) is 0 Å². The first-order chi connectivity index (χ1) is 10.1. The Morgan fingerprint density at radius 3 is 2.62 bits per heavy atom. The molecule has 0 bridgehead atoms. The van der Waals surface area contributed by atoms with Crippen LogP contribution in [0.1, 0.15) is 43.4 Å². The molecule has 0 spiro atoms. The first-order valence-electron chi connectivity index (χ1n) is 7.90. The Morgan fingerprint density at radius 1 is 1.24 bits per heavy atom. The second-order valence-electron chi connectivity index (χ2n) is 6.36. The van der Waals surface area contributed by atoms with E-state index in [2.05, 4.69) is 41.8 Å². The van der Waals surface area contributed by atoms with E-state index in [9.17, 15) is 4.79 Å². The molecule has 3 nitrogen and oxygen atoms in total. The minimum absolute atomic E-state index is 0.271. The number of Topliss-reactive ketones (excluding diaryl/α,β-unsaturated/α-hetero) is 1. The molecule has 1 aromatic heterocycles. The minimum atomic E-state index is 0.271. The molecule has 0 saturated heterocycles. The van der Waals surface area contributed by atoms with E-state index in [0.717, 1.165) is 32.5 Å². The summed E-state index contributed by atoms with van der Waals surface area (Å²) in [6.45, 7) is 7.02.